The average Bonchev–Trinajstić information content (AvgIpc) is 2.84. The van der Waals surface area contributed by atoms with Gasteiger partial charge in [-0.05, 0) is 34.2 Å². The quantitative estimate of drug-likeness (QED) is 0.305. The van der Waals surface area contributed by atoms with Crippen molar-refractivity contribution in [2.75, 3.05) is 0 Å². The first kappa shape index (κ1) is 12.9. The lowest BCUT2D eigenvalue weighted by Crippen LogP contribution is -1.81. The van der Waals surface area contributed by atoms with Crippen molar-refractivity contribution < 1.29 is 4.79 Å². The minimum absolute atomic E-state index is 0.413. The molecule has 0 aliphatic rings. The SMILES string of the molecule is O=C(Cl)c1sc2c(sc3c(Cl)c(I)sc32)c1Cl. The lowest BCUT2D eigenvalue weighted by molar-refractivity contribution is 0.108. The number of thiophene rings is 3. The Morgan fingerprint density at radius 3 is 2.18 bits per heavy atom. The van der Waals surface area contributed by atoms with E-state index < -0.39 is 5.24 Å². The number of fused-ring (bicyclic) bond motifs is 3. The van der Waals surface area contributed by atoms with Crippen molar-refractivity contribution in [3.05, 3.63) is 17.8 Å². The highest BCUT2D eigenvalue weighted by atomic mass is 127. The van der Waals surface area contributed by atoms with E-state index in [1.807, 2.05) is 0 Å². The van der Waals surface area contributed by atoms with Crippen LogP contribution in [0.4, 0.5) is 0 Å². The second-order valence-corrected chi connectivity index (χ2v) is 9.10. The summed E-state index contributed by atoms with van der Waals surface area (Å²) in [6.45, 7) is 0. The van der Waals surface area contributed by atoms with E-state index in [0.29, 0.717) is 9.90 Å². The summed E-state index contributed by atoms with van der Waals surface area (Å²) >= 11 is 24.5. The fourth-order valence-corrected chi connectivity index (χ4v) is 7.31. The molecule has 3 aromatic rings. The summed E-state index contributed by atoms with van der Waals surface area (Å²) in [5.41, 5.74) is 0. The number of rotatable bonds is 1. The van der Waals surface area contributed by atoms with Gasteiger partial charge in [-0.1, -0.05) is 23.2 Å². The van der Waals surface area contributed by atoms with Crippen LogP contribution in [0.2, 0.25) is 10.0 Å². The minimum Gasteiger partial charge on any atom is -0.275 e. The van der Waals surface area contributed by atoms with Gasteiger partial charge in [-0.2, -0.15) is 0 Å². The van der Waals surface area contributed by atoms with Crippen molar-refractivity contribution >= 4 is 115 Å². The zero-order valence-electron chi connectivity index (χ0n) is 7.64. The van der Waals surface area contributed by atoms with Crippen LogP contribution in [0.1, 0.15) is 9.67 Å². The Kier molecular flexibility index (Phi) is 3.39. The summed E-state index contributed by atoms with van der Waals surface area (Å²) in [5, 5.41) is 0.715. The largest absolute Gasteiger partial charge is 0.275 e. The van der Waals surface area contributed by atoms with Crippen molar-refractivity contribution in [2.24, 2.45) is 0 Å². The van der Waals surface area contributed by atoms with Gasteiger partial charge < -0.3 is 0 Å². The van der Waals surface area contributed by atoms with Crippen LogP contribution in [0.3, 0.4) is 0 Å². The van der Waals surface area contributed by atoms with Crippen LogP contribution < -0.4 is 0 Å². The molecule has 0 bridgehead atoms. The summed E-state index contributed by atoms with van der Waals surface area (Å²) in [6, 6.07) is 0. The van der Waals surface area contributed by atoms with Crippen molar-refractivity contribution in [3.63, 3.8) is 0 Å². The molecule has 88 valence electrons. The molecule has 0 radical (unpaired) electrons. The molecule has 0 amide bonds. The molecule has 0 spiro atoms. The first-order valence-corrected chi connectivity index (χ1v) is 8.85. The Hall–Kier alpha value is 0.890. The van der Waals surface area contributed by atoms with Gasteiger partial charge >= 0.3 is 0 Å². The summed E-state index contributed by atoms with van der Waals surface area (Å²) in [4.78, 5) is 11.6. The Morgan fingerprint density at radius 2 is 1.53 bits per heavy atom. The van der Waals surface area contributed by atoms with E-state index >= 15 is 0 Å². The Labute approximate surface area is 136 Å². The fourth-order valence-electron chi connectivity index (χ4n) is 1.48. The van der Waals surface area contributed by atoms with Gasteiger partial charge in [0.2, 0.25) is 0 Å². The maximum absolute atomic E-state index is 11.2. The third kappa shape index (κ3) is 1.86. The van der Waals surface area contributed by atoms with Gasteiger partial charge in [0.05, 0.1) is 31.7 Å². The number of halogens is 4. The van der Waals surface area contributed by atoms with Crippen molar-refractivity contribution in [1.29, 1.82) is 0 Å². The smallest absolute Gasteiger partial charge is 0.263 e. The van der Waals surface area contributed by atoms with Gasteiger partial charge in [0.15, 0.2) is 0 Å². The molecule has 3 heterocycles. The molecule has 0 aliphatic carbocycles. The molecular weight excluding hydrogens is 454 g/mol. The van der Waals surface area contributed by atoms with Gasteiger partial charge in [-0.15, -0.1) is 34.0 Å². The first-order chi connectivity index (χ1) is 8.00. The van der Waals surface area contributed by atoms with Gasteiger partial charge in [-0.25, -0.2) is 0 Å². The maximum Gasteiger partial charge on any atom is 0.263 e. The molecule has 8 heteroatoms. The highest BCUT2D eigenvalue weighted by Gasteiger charge is 2.22. The second-order valence-electron chi connectivity index (χ2n) is 3.13. The van der Waals surface area contributed by atoms with Crippen LogP contribution in [0, 0.1) is 2.88 Å². The molecule has 0 aromatic carbocycles. The fraction of sp³-hybridized carbons (Fsp3) is 0. The Morgan fingerprint density at radius 1 is 0.941 bits per heavy atom. The lowest BCUT2D eigenvalue weighted by atomic mass is 10.4. The number of carbonyl (C=O) groups is 1. The highest BCUT2D eigenvalue weighted by molar-refractivity contribution is 14.1. The molecule has 0 N–H and O–H groups in total. The molecule has 17 heavy (non-hydrogen) atoms. The van der Waals surface area contributed by atoms with Crippen LogP contribution in [0.15, 0.2) is 0 Å². The Balaban J connectivity index is 2.47. The van der Waals surface area contributed by atoms with E-state index in [1.54, 1.807) is 11.3 Å². The van der Waals surface area contributed by atoms with Gasteiger partial charge in [0.25, 0.3) is 5.24 Å². The minimum atomic E-state index is -0.506. The molecule has 0 saturated carbocycles. The van der Waals surface area contributed by atoms with Crippen LogP contribution in [0.25, 0.3) is 18.8 Å². The lowest BCUT2D eigenvalue weighted by Gasteiger charge is -1.86. The molecule has 3 aromatic heterocycles. The molecule has 0 fully saturated rings. The molecule has 1 nitrogen and oxygen atoms in total. The number of hydrogen-bond donors (Lipinski definition) is 0. The summed E-state index contributed by atoms with van der Waals surface area (Å²) in [5.74, 6) is 0. The maximum atomic E-state index is 11.2. The standard InChI is InChI=1S/C9Cl3IOS3/c10-1-3-6(16-5(1)8(12)14)7-4(15-3)2(11)9(13)17-7. The topological polar surface area (TPSA) is 17.1 Å². The van der Waals surface area contributed by atoms with Gasteiger partial charge in [0.1, 0.15) is 4.88 Å². The van der Waals surface area contributed by atoms with E-state index in [4.69, 9.17) is 34.8 Å². The molecular formula is C9Cl3IOS3. The molecule has 0 unspecified atom stereocenters. The Bertz CT molecular complexity index is 770. The van der Waals surface area contributed by atoms with Crippen LogP contribution >= 0.6 is 91.4 Å². The molecule has 0 aliphatic heterocycles. The molecule has 3 rings (SSSR count). The highest BCUT2D eigenvalue weighted by Crippen LogP contribution is 2.51. The predicted octanol–water partition coefficient (Wildman–Crippen LogP) is 6.47. The number of hydrogen-bond acceptors (Lipinski definition) is 4. The van der Waals surface area contributed by atoms with Crippen LogP contribution in [-0.2, 0) is 0 Å². The predicted molar refractivity (Wildman–Crippen MR) is 88.0 cm³/mol. The van der Waals surface area contributed by atoms with Gasteiger partial charge in [-0.3, -0.25) is 4.79 Å². The third-order valence-electron chi connectivity index (χ3n) is 2.17. The third-order valence-corrected chi connectivity index (χ3v) is 9.01. The van der Waals surface area contributed by atoms with Crippen LogP contribution in [0.5, 0.6) is 0 Å². The van der Waals surface area contributed by atoms with Crippen molar-refractivity contribution in [3.8, 4) is 0 Å². The number of carbonyl (C=O) groups excluding carboxylic acids is 1. The molecule has 0 saturated heterocycles. The van der Waals surface area contributed by atoms with E-state index in [-0.39, 0.29) is 0 Å². The second kappa shape index (κ2) is 4.47. The summed E-state index contributed by atoms with van der Waals surface area (Å²) in [6.07, 6.45) is 0. The monoisotopic (exact) mass is 452 g/mol. The zero-order chi connectivity index (χ0) is 12.3. The normalized spacial score (nSPS) is 11.8. The van der Waals surface area contributed by atoms with E-state index in [2.05, 4.69) is 22.6 Å². The summed E-state index contributed by atoms with van der Waals surface area (Å²) in [7, 11) is 0. The molecule has 0 atom stereocenters. The van der Waals surface area contributed by atoms with Crippen molar-refractivity contribution in [1.82, 2.24) is 0 Å². The van der Waals surface area contributed by atoms with Crippen LogP contribution in [-0.4, -0.2) is 5.24 Å². The average molecular weight is 454 g/mol. The summed E-state index contributed by atoms with van der Waals surface area (Å²) < 4.78 is 5.10. The zero-order valence-corrected chi connectivity index (χ0v) is 14.5. The van der Waals surface area contributed by atoms with Gasteiger partial charge in [0, 0.05) is 0 Å². The van der Waals surface area contributed by atoms with E-state index in [0.717, 1.165) is 26.7 Å². The van der Waals surface area contributed by atoms with E-state index in [1.165, 1.54) is 22.7 Å². The first-order valence-electron chi connectivity index (χ1n) is 4.18. The van der Waals surface area contributed by atoms with Crippen molar-refractivity contribution in [2.45, 2.75) is 0 Å². The van der Waals surface area contributed by atoms with E-state index in [9.17, 15) is 4.79 Å².